The average Bonchev–Trinajstić information content (AvgIpc) is 2.54. The summed E-state index contributed by atoms with van der Waals surface area (Å²) in [5, 5.41) is 2.69. The number of amides is 2. The number of nitrogens with one attached hydrogen (secondary N) is 1. The third-order valence-electron chi connectivity index (χ3n) is 3.65. The summed E-state index contributed by atoms with van der Waals surface area (Å²) in [6.45, 7) is 1.97. The van der Waals surface area contributed by atoms with Crippen LogP contribution in [0.15, 0.2) is 48.5 Å². The van der Waals surface area contributed by atoms with Crippen molar-refractivity contribution in [1.29, 1.82) is 0 Å². The molecule has 0 heterocycles. The fourth-order valence-corrected chi connectivity index (χ4v) is 2.40. The van der Waals surface area contributed by atoms with Gasteiger partial charge in [0.05, 0.1) is 0 Å². The maximum absolute atomic E-state index is 12.6. The fourth-order valence-electron chi connectivity index (χ4n) is 2.40. The Morgan fingerprint density at radius 2 is 1.67 bits per heavy atom. The van der Waals surface area contributed by atoms with E-state index in [0.717, 1.165) is 11.3 Å². The molecule has 0 aliphatic heterocycles. The Kier molecular flexibility index (Phi) is 5.58. The van der Waals surface area contributed by atoms with Gasteiger partial charge in [-0.25, -0.2) is 0 Å². The molecule has 0 bridgehead atoms. The highest BCUT2D eigenvalue weighted by Gasteiger charge is 2.13. The second-order valence-electron chi connectivity index (χ2n) is 5.98. The monoisotopic (exact) mass is 325 g/mol. The Bertz CT molecular complexity index is 724. The van der Waals surface area contributed by atoms with Crippen molar-refractivity contribution in [3.8, 4) is 0 Å². The van der Waals surface area contributed by atoms with Crippen LogP contribution in [-0.4, -0.2) is 37.9 Å². The van der Waals surface area contributed by atoms with Crippen LogP contribution >= 0.6 is 0 Å². The first-order valence-corrected chi connectivity index (χ1v) is 7.76. The molecule has 5 heteroatoms. The number of hydrogen-bond donors (Lipinski definition) is 1. The lowest BCUT2D eigenvalue weighted by Gasteiger charge is -2.19. The van der Waals surface area contributed by atoms with E-state index in [0.29, 0.717) is 17.8 Å². The van der Waals surface area contributed by atoms with Gasteiger partial charge in [0, 0.05) is 51.5 Å². The van der Waals surface area contributed by atoms with E-state index in [1.807, 2.05) is 43.3 Å². The molecule has 24 heavy (non-hydrogen) atoms. The molecule has 0 fully saturated rings. The predicted octanol–water partition coefficient (Wildman–Crippen LogP) is 2.98. The number of nitrogens with zero attached hydrogens (tertiary/aromatic N) is 2. The topological polar surface area (TPSA) is 52.7 Å². The fraction of sp³-hybridized carbons (Fsp3) is 0.263. The van der Waals surface area contributed by atoms with Gasteiger partial charge in [-0.1, -0.05) is 18.2 Å². The first kappa shape index (κ1) is 17.5. The van der Waals surface area contributed by atoms with E-state index in [1.54, 1.807) is 36.2 Å². The molecule has 0 saturated carbocycles. The second kappa shape index (κ2) is 7.64. The Morgan fingerprint density at radius 3 is 2.25 bits per heavy atom. The van der Waals surface area contributed by atoms with Gasteiger partial charge in [0.15, 0.2) is 0 Å². The average molecular weight is 325 g/mol. The minimum Gasteiger partial charge on any atom is -0.378 e. The summed E-state index contributed by atoms with van der Waals surface area (Å²) in [5.41, 5.74) is 3.36. The van der Waals surface area contributed by atoms with Crippen molar-refractivity contribution in [2.24, 2.45) is 0 Å². The van der Waals surface area contributed by atoms with Crippen molar-refractivity contribution >= 4 is 23.2 Å². The lowest BCUT2D eigenvalue weighted by molar-refractivity contribution is -0.114. The number of hydrogen-bond acceptors (Lipinski definition) is 3. The van der Waals surface area contributed by atoms with Crippen LogP contribution in [0.5, 0.6) is 0 Å². The molecule has 126 valence electrons. The van der Waals surface area contributed by atoms with Crippen LogP contribution in [0.3, 0.4) is 0 Å². The zero-order valence-electron chi connectivity index (χ0n) is 14.5. The number of carbonyl (C=O) groups is 2. The summed E-state index contributed by atoms with van der Waals surface area (Å²) in [5.74, 6) is -0.243. The van der Waals surface area contributed by atoms with Crippen molar-refractivity contribution < 1.29 is 9.59 Å². The summed E-state index contributed by atoms with van der Waals surface area (Å²) in [6, 6.07) is 15.1. The molecule has 0 radical (unpaired) electrons. The van der Waals surface area contributed by atoms with E-state index in [1.165, 1.54) is 6.92 Å². The van der Waals surface area contributed by atoms with Gasteiger partial charge in [-0.2, -0.15) is 0 Å². The van der Waals surface area contributed by atoms with Gasteiger partial charge in [-0.15, -0.1) is 0 Å². The predicted molar refractivity (Wildman–Crippen MR) is 97.3 cm³/mol. The Morgan fingerprint density at radius 1 is 1.00 bits per heavy atom. The summed E-state index contributed by atoms with van der Waals surface area (Å²) < 4.78 is 0. The van der Waals surface area contributed by atoms with E-state index in [-0.39, 0.29) is 11.8 Å². The van der Waals surface area contributed by atoms with Crippen molar-refractivity contribution in [2.45, 2.75) is 13.5 Å². The molecule has 2 aromatic carbocycles. The number of carbonyl (C=O) groups excluding carboxylic acids is 2. The van der Waals surface area contributed by atoms with Gasteiger partial charge in [0.2, 0.25) is 5.91 Å². The standard InChI is InChI=1S/C19H23N3O2/c1-14(23)20-17-7-5-6-16(12-17)19(24)22(4)13-15-8-10-18(11-9-15)21(2)3/h5-12H,13H2,1-4H3,(H,20,23). The Balaban J connectivity index is 2.07. The maximum atomic E-state index is 12.6. The third-order valence-corrected chi connectivity index (χ3v) is 3.65. The zero-order chi connectivity index (χ0) is 17.7. The van der Waals surface area contributed by atoms with Crippen LogP contribution < -0.4 is 10.2 Å². The van der Waals surface area contributed by atoms with Gasteiger partial charge in [0.25, 0.3) is 5.91 Å². The smallest absolute Gasteiger partial charge is 0.253 e. The lowest BCUT2D eigenvalue weighted by atomic mass is 10.1. The molecule has 0 aliphatic rings. The first-order valence-electron chi connectivity index (χ1n) is 7.76. The quantitative estimate of drug-likeness (QED) is 0.919. The molecule has 0 unspecified atom stereocenters. The number of rotatable bonds is 5. The van der Waals surface area contributed by atoms with E-state index >= 15 is 0 Å². The van der Waals surface area contributed by atoms with Crippen molar-refractivity contribution in [1.82, 2.24) is 4.90 Å². The van der Waals surface area contributed by atoms with Crippen molar-refractivity contribution in [3.05, 3.63) is 59.7 Å². The van der Waals surface area contributed by atoms with E-state index < -0.39 is 0 Å². The van der Waals surface area contributed by atoms with Gasteiger partial charge in [-0.3, -0.25) is 9.59 Å². The minimum atomic E-state index is -0.158. The minimum absolute atomic E-state index is 0.0844. The third kappa shape index (κ3) is 4.59. The highest BCUT2D eigenvalue weighted by molar-refractivity contribution is 5.96. The van der Waals surface area contributed by atoms with Crippen LogP contribution in [0.1, 0.15) is 22.8 Å². The van der Waals surface area contributed by atoms with Crippen LogP contribution in [0.4, 0.5) is 11.4 Å². The van der Waals surface area contributed by atoms with Crippen LogP contribution in [-0.2, 0) is 11.3 Å². The second-order valence-corrected chi connectivity index (χ2v) is 5.98. The van der Waals surface area contributed by atoms with Crippen LogP contribution in [0.2, 0.25) is 0 Å². The lowest BCUT2D eigenvalue weighted by Crippen LogP contribution is -2.26. The molecule has 2 rings (SSSR count). The van der Waals surface area contributed by atoms with Gasteiger partial charge < -0.3 is 15.1 Å². The summed E-state index contributed by atoms with van der Waals surface area (Å²) >= 11 is 0. The molecule has 1 N–H and O–H groups in total. The molecule has 5 nitrogen and oxygen atoms in total. The molecular weight excluding hydrogens is 302 g/mol. The summed E-state index contributed by atoms with van der Waals surface area (Å²) in [4.78, 5) is 27.4. The van der Waals surface area contributed by atoms with Gasteiger partial charge in [0.1, 0.15) is 0 Å². The van der Waals surface area contributed by atoms with Crippen LogP contribution in [0.25, 0.3) is 0 Å². The molecule has 2 amide bonds. The Labute approximate surface area is 142 Å². The molecular formula is C19H23N3O2. The number of benzene rings is 2. The molecule has 0 spiro atoms. The summed E-state index contributed by atoms with van der Waals surface area (Å²) in [6.07, 6.45) is 0. The maximum Gasteiger partial charge on any atom is 0.253 e. The van der Waals surface area contributed by atoms with Crippen LogP contribution in [0, 0.1) is 0 Å². The highest BCUT2D eigenvalue weighted by Crippen LogP contribution is 2.16. The molecule has 0 aliphatic carbocycles. The van der Waals surface area contributed by atoms with E-state index in [4.69, 9.17) is 0 Å². The SMILES string of the molecule is CC(=O)Nc1cccc(C(=O)N(C)Cc2ccc(N(C)C)cc2)c1. The first-order chi connectivity index (χ1) is 11.4. The highest BCUT2D eigenvalue weighted by atomic mass is 16.2. The van der Waals surface area contributed by atoms with Gasteiger partial charge >= 0.3 is 0 Å². The van der Waals surface area contributed by atoms with Gasteiger partial charge in [-0.05, 0) is 35.9 Å². The van der Waals surface area contributed by atoms with E-state index in [9.17, 15) is 9.59 Å². The Hall–Kier alpha value is -2.82. The molecule has 0 saturated heterocycles. The van der Waals surface area contributed by atoms with Crippen molar-refractivity contribution in [2.75, 3.05) is 31.4 Å². The number of anilines is 2. The normalized spacial score (nSPS) is 10.2. The molecule has 2 aromatic rings. The van der Waals surface area contributed by atoms with Crippen molar-refractivity contribution in [3.63, 3.8) is 0 Å². The van der Waals surface area contributed by atoms with E-state index in [2.05, 4.69) is 5.32 Å². The largest absolute Gasteiger partial charge is 0.378 e. The summed E-state index contributed by atoms with van der Waals surface area (Å²) in [7, 11) is 5.76. The molecule has 0 aromatic heterocycles. The zero-order valence-corrected chi connectivity index (χ0v) is 14.5. The molecule has 0 atom stereocenters.